The highest BCUT2D eigenvalue weighted by atomic mass is 35.5. The SMILES string of the molecule is COC1CCN(CCC(=O)Nc2cc(Cl)ccc2N)C1. The molecule has 1 aliphatic rings. The predicted octanol–water partition coefficient (Wildman–Crippen LogP) is 1.97. The lowest BCUT2D eigenvalue weighted by molar-refractivity contribution is -0.116. The van der Waals surface area contributed by atoms with Gasteiger partial charge in [-0.25, -0.2) is 0 Å². The number of rotatable bonds is 5. The molecule has 6 heteroatoms. The lowest BCUT2D eigenvalue weighted by Crippen LogP contribution is -2.27. The average Bonchev–Trinajstić information content (AvgIpc) is 2.89. The molecule has 3 N–H and O–H groups in total. The zero-order valence-electron chi connectivity index (χ0n) is 11.6. The summed E-state index contributed by atoms with van der Waals surface area (Å²) in [5.41, 5.74) is 6.88. The van der Waals surface area contributed by atoms with Crippen LogP contribution in [0.5, 0.6) is 0 Å². The van der Waals surface area contributed by atoms with Crippen LogP contribution < -0.4 is 11.1 Å². The Hall–Kier alpha value is -1.30. The van der Waals surface area contributed by atoms with Crippen LogP contribution in [-0.2, 0) is 9.53 Å². The molecule has 0 aliphatic carbocycles. The summed E-state index contributed by atoms with van der Waals surface area (Å²) in [6, 6.07) is 5.04. The molecule has 1 saturated heterocycles. The van der Waals surface area contributed by atoms with Gasteiger partial charge in [0.2, 0.25) is 5.91 Å². The van der Waals surface area contributed by atoms with Crippen molar-refractivity contribution in [1.82, 2.24) is 4.90 Å². The van der Waals surface area contributed by atoms with Gasteiger partial charge in [0.15, 0.2) is 0 Å². The Labute approximate surface area is 124 Å². The van der Waals surface area contributed by atoms with Gasteiger partial charge in [-0.15, -0.1) is 0 Å². The van der Waals surface area contributed by atoms with Crippen LogP contribution >= 0.6 is 11.6 Å². The molecule has 0 radical (unpaired) electrons. The molecule has 1 aliphatic heterocycles. The van der Waals surface area contributed by atoms with Crippen LogP contribution in [-0.4, -0.2) is 43.7 Å². The zero-order chi connectivity index (χ0) is 14.5. The first-order valence-electron chi connectivity index (χ1n) is 6.68. The number of nitrogens with two attached hydrogens (primary N) is 1. The maximum atomic E-state index is 11.9. The van der Waals surface area contributed by atoms with Crippen molar-refractivity contribution in [3.05, 3.63) is 23.2 Å². The van der Waals surface area contributed by atoms with Crippen molar-refractivity contribution in [1.29, 1.82) is 0 Å². The summed E-state index contributed by atoms with van der Waals surface area (Å²) in [5, 5.41) is 3.35. The first kappa shape index (κ1) is 15.1. The predicted molar refractivity (Wildman–Crippen MR) is 81.0 cm³/mol. The second kappa shape index (κ2) is 6.92. The highest BCUT2D eigenvalue weighted by Gasteiger charge is 2.22. The van der Waals surface area contributed by atoms with E-state index in [-0.39, 0.29) is 5.91 Å². The molecule has 5 nitrogen and oxygen atoms in total. The van der Waals surface area contributed by atoms with Crippen LogP contribution in [0.3, 0.4) is 0 Å². The van der Waals surface area contributed by atoms with Crippen molar-refractivity contribution in [2.24, 2.45) is 0 Å². The molecule has 1 unspecified atom stereocenters. The number of ether oxygens (including phenoxy) is 1. The fraction of sp³-hybridized carbons (Fsp3) is 0.500. The van der Waals surface area contributed by atoms with E-state index in [1.54, 1.807) is 25.3 Å². The van der Waals surface area contributed by atoms with E-state index in [1.165, 1.54) is 0 Å². The van der Waals surface area contributed by atoms with Gasteiger partial charge in [-0.3, -0.25) is 4.79 Å². The molecule has 1 atom stereocenters. The zero-order valence-corrected chi connectivity index (χ0v) is 12.3. The highest BCUT2D eigenvalue weighted by molar-refractivity contribution is 6.31. The summed E-state index contributed by atoms with van der Waals surface area (Å²) in [6.07, 6.45) is 1.75. The molecule has 110 valence electrons. The van der Waals surface area contributed by atoms with Crippen LogP contribution in [0.2, 0.25) is 5.02 Å². The summed E-state index contributed by atoms with van der Waals surface area (Å²) >= 11 is 5.88. The third-order valence-corrected chi connectivity index (χ3v) is 3.74. The molecule has 1 aromatic carbocycles. The minimum atomic E-state index is -0.0557. The molecule has 0 bridgehead atoms. The Bertz CT molecular complexity index is 481. The Morgan fingerprint density at radius 2 is 2.40 bits per heavy atom. The summed E-state index contributed by atoms with van der Waals surface area (Å²) < 4.78 is 5.30. The molecule has 0 aromatic heterocycles. The van der Waals surface area contributed by atoms with E-state index in [9.17, 15) is 4.79 Å². The number of benzene rings is 1. The van der Waals surface area contributed by atoms with Crippen molar-refractivity contribution in [2.75, 3.05) is 37.8 Å². The van der Waals surface area contributed by atoms with Crippen LogP contribution in [0.4, 0.5) is 11.4 Å². The second-order valence-electron chi connectivity index (χ2n) is 4.98. The molecular weight excluding hydrogens is 278 g/mol. The molecule has 0 saturated carbocycles. The third kappa shape index (κ3) is 4.10. The van der Waals surface area contributed by atoms with Gasteiger partial charge in [0.25, 0.3) is 0 Å². The quantitative estimate of drug-likeness (QED) is 0.816. The fourth-order valence-corrected chi connectivity index (χ4v) is 2.47. The lowest BCUT2D eigenvalue weighted by atomic mass is 10.2. The Kier molecular flexibility index (Phi) is 5.23. The van der Waals surface area contributed by atoms with Gasteiger partial charge in [0.1, 0.15) is 0 Å². The highest BCUT2D eigenvalue weighted by Crippen LogP contribution is 2.23. The topological polar surface area (TPSA) is 67.6 Å². The Morgan fingerprint density at radius 3 is 3.10 bits per heavy atom. The van der Waals surface area contributed by atoms with E-state index in [0.29, 0.717) is 28.9 Å². The second-order valence-corrected chi connectivity index (χ2v) is 5.41. The average molecular weight is 298 g/mol. The fourth-order valence-electron chi connectivity index (χ4n) is 2.30. The minimum absolute atomic E-state index is 0.0557. The monoisotopic (exact) mass is 297 g/mol. The van der Waals surface area contributed by atoms with E-state index >= 15 is 0 Å². The van der Waals surface area contributed by atoms with Crippen molar-refractivity contribution >= 4 is 28.9 Å². The van der Waals surface area contributed by atoms with Crippen LogP contribution in [0.15, 0.2) is 18.2 Å². The van der Waals surface area contributed by atoms with E-state index in [1.807, 2.05) is 0 Å². The number of nitrogen functional groups attached to an aromatic ring is 1. The number of methoxy groups -OCH3 is 1. The number of amides is 1. The van der Waals surface area contributed by atoms with Gasteiger partial charge in [-0.05, 0) is 24.6 Å². The van der Waals surface area contributed by atoms with Gasteiger partial charge < -0.3 is 20.7 Å². The molecule has 20 heavy (non-hydrogen) atoms. The molecule has 2 rings (SSSR count). The smallest absolute Gasteiger partial charge is 0.225 e. The number of carbonyl (C=O) groups is 1. The first-order valence-corrected chi connectivity index (χ1v) is 7.06. The first-order chi connectivity index (χ1) is 9.58. The number of hydrogen-bond donors (Lipinski definition) is 2. The van der Waals surface area contributed by atoms with E-state index < -0.39 is 0 Å². The molecule has 1 aromatic rings. The largest absolute Gasteiger partial charge is 0.397 e. The number of likely N-dealkylation sites (tertiary alicyclic amines) is 1. The number of nitrogens with zero attached hydrogens (tertiary/aromatic N) is 1. The summed E-state index contributed by atoms with van der Waals surface area (Å²) in [5.74, 6) is -0.0557. The number of anilines is 2. The number of halogens is 1. The molecule has 1 amide bonds. The molecule has 0 spiro atoms. The van der Waals surface area contributed by atoms with E-state index in [0.717, 1.165) is 26.1 Å². The summed E-state index contributed by atoms with van der Waals surface area (Å²) in [6.45, 7) is 2.60. The molecule has 1 fully saturated rings. The van der Waals surface area contributed by atoms with Gasteiger partial charge in [0, 0.05) is 38.2 Å². The van der Waals surface area contributed by atoms with Crippen LogP contribution in [0.25, 0.3) is 0 Å². The number of hydrogen-bond acceptors (Lipinski definition) is 4. The third-order valence-electron chi connectivity index (χ3n) is 3.51. The van der Waals surface area contributed by atoms with Crippen molar-refractivity contribution in [3.8, 4) is 0 Å². The van der Waals surface area contributed by atoms with Crippen LogP contribution in [0, 0.1) is 0 Å². The molecule has 1 heterocycles. The normalized spacial score (nSPS) is 19.2. The summed E-state index contributed by atoms with van der Waals surface area (Å²) in [4.78, 5) is 14.1. The van der Waals surface area contributed by atoms with Gasteiger partial charge in [0.05, 0.1) is 17.5 Å². The number of nitrogens with one attached hydrogen (secondary N) is 1. The summed E-state index contributed by atoms with van der Waals surface area (Å²) in [7, 11) is 1.72. The Morgan fingerprint density at radius 1 is 1.60 bits per heavy atom. The standard InChI is InChI=1S/C14H20ClN3O2/c1-20-11-4-6-18(9-11)7-5-14(19)17-13-8-10(15)2-3-12(13)16/h2-3,8,11H,4-7,9,16H2,1H3,(H,17,19). The minimum Gasteiger partial charge on any atom is -0.397 e. The Balaban J connectivity index is 1.79. The maximum Gasteiger partial charge on any atom is 0.225 e. The van der Waals surface area contributed by atoms with E-state index in [4.69, 9.17) is 22.1 Å². The maximum absolute atomic E-state index is 11.9. The van der Waals surface area contributed by atoms with Gasteiger partial charge >= 0.3 is 0 Å². The lowest BCUT2D eigenvalue weighted by Gasteiger charge is -2.15. The van der Waals surface area contributed by atoms with Crippen molar-refractivity contribution in [2.45, 2.75) is 18.9 Å². The van der Waals surface area contributed by atoms with Crippen LogP contribution in [0.1, 0.15) is 12.8 Å². The van der Waals surface area contributed by atoms with Crippen molar-refractivity contribution in [3.63, 3.8) is 0 Å². The van der Waals surface area contributed by atoms with Gasteiger partial charge in [-0.2, -0.15) is 0 Å². The van der Waals surface area contributed by atoms with E-state index in [2.05, 4.69) is 10.2 Å². The van der Waals surface area contributed by atoms with Gasteiger partial charge in [-0.1, -0.05) is 11.6 Å². The number of carbonyl (C=O) groups excluding carboxylic acids is 1. The molecular formula is C14H20ClN3O2. The van der Waals surface area contributed by atoms with Crippen molar-refractivity contribution < 1.29 is 9.53 Å².